The maximum absolute atomic E-state index is 13.8. The molecule has 15 nitrogen and oxygen atoms in total. The number of aliphatic hydroxyl groups is 1. The number of ketones is 2. The summed E-state index contributed by atoms with van der Waals surface area (Å²) >= 11 is 0. The molecule has 3 fully saturated rings. The Morgan fingerprint density at radius 2 is 1.68 bits per heavy atom. The van der Waals surface area contributed by atoms with Crippen LogP contribution in [0.5, 0.6) is 5.75 Å². The van der Waals surface area contributed by atoms with Crippen LogP contribution >= 0.6 is 0 Å². The number of allylic oxidation sites excluding steroid dienone is 4. The molecule has 3 aliphatic heterocycles. The van der Waals surface area contributed by atoms with Gasteiger partial charge in [-0.2, -0.15) is 0 Å². The normalized spacial score (nSPS) is 26.5. The molecular formula is C62H73N5O10. The molecule has 406 valence electrons. The predicted molar refractivity (Wildman–Crippen MR) is 292 cm³/mol. The zero-order chi connectivity index (χ0) is 54.1. The van der Waals surface area contributed by atoms with E-state index in [1.807, 2.05) is 25.1 Å². The number of piperazine rings is 1. The lowest BCUT2D eigenvalue weighted by Crippen LogP contribution is -2.57. The highest BCUT2D eigenvalue weighted by Gasteiger charge is 2.67. The zero-order valence-electron chi connectivity index (χ0n) is 45.6. The second-order valence-corrected chi connectivity index (χ2v) is 23.2. The standard InChI is InChI=1S/C62H73N5O10/c1-7-44-47-32-43(19-22-53(47)63-56-49(44)35-67-54(56)33-52-50(57(67)71)36-75-58(72)61(52,74)8-2)76-59(73)66-29-27-65(28-30-66)26-12-10-9-11-25-64(6)41-16-13-39(14-17-41)48-34-60(5)51(23-24-62(60,37(3)68)77-38(4)69)46-20-15-40-31-42(70)18-21-45(40)55(46)48/h13-14,16-17,19,22,31-33,46,48,51,74H,7-12,15,18,20-21,23-30,34-36H2,1-6H3/t46-,48+,51-,60-,61-,62-/m0/s1. The number of unbranched alkanes of at least 4 members (excludes halogenated alkanes) is 3. The van der Waals surface area contributed by atoms with Gasteiger partial charge in [0.25, 0.3) is 5.56 Å². The highest BCUT2D eigenvalue weighted by Crippen LogP contribution is 2.68. The van der Waals surface area contributed by atoms with Crippen molar-refractivity contribution in [2.75, 3.05) is 51.2 Å². The third-order valence-electron chi connectivity index (χ3n) is 19.2. The first-order valence-corrected chi connectivity index (χ1v) is 28.3. The van der Waals surface area contributed by atoms with E-state index in [2.05, 4.69) is 48.0 Å². The molecule has 1 N–H and O–H groups in total. The van der Waals surface area contributed by atoms with Crippen LogP contribution in [0, 0.1) is 17.3 Å². The number of benzene rings is 2. The van der Waals surface area contributed by atoms with Crippen LogP contribution in [0.3, 0.4) is 0 Å². The van der Waals surface area contributed by atoms with E-state index in [1.165, 1.54) is 29.2 Å². The minimum atomic E-state index is -1.90. The number of cyclic esters (lactones) is 1. The lowest BCUT2D eigenvalue weighted by atomic mass is 9.50. The first-order chi connectivity index (χ1) is 37.0. The number of Topliss-reactive ketones (excluding diaryl/α,β-unsaturated/α-hetero) is 1. The maximum Gasteiger partial charge on any atom is 0.415 e. The molecule has 0 unspecified atom stereocenters. The van der Waals surface area contributed by atoms with Crippen molar-refractivity contribution < 1.29 is 43.3 Å². The molecule has 5 heterocycles. The number of hydrogen-bond donors (Lipinski definition) is 1. The zero-order valence-corrected chi connectivity index (χ0v) is 45.6. The van der Waals surface area contributed by atoms with Crippen LogP contribution < -0.4 is 15.2 Å². The number of aryl methyl sites for hydroxylation is 1. The Balaban J connectivity index is 0.663. The number of carbonyl (C=O) groups excluding carboxylic acids is 5. The number of ether oxygens (including phenoxy) is 3. The summed E-state index contributed by atoms with van der Waals surface area (Å²) in [6, 6.07) is 16.1. The number of amides is 1. The van der Waals surface area contributed by atoms with E-state index in [0.29, 0.717) is 61.6 Å². The van der Waals surface area contributed by atoms with Crippen LogP contribution in [0.4, 0.5) is 10.5 Å². The summed E-state index contributed by atoms with van der Waals surface area (Å²) in [5.41, 5.74) is 6.90. The van der Waals surface area contributed by atoms with Gasteiger partial charge in [-0.1, -0.05) is 51.3 Å². The van der Waals surface area contributed by atoms with Crippen LogP contribution in [-0.4, -0.2) is 106 Å². The van der Waals surface area contributed by atoms with Crippen molar-refractivity contribution in [3.63, 3.8) is 0 Å². The van der Waals surface area contributed by atoms with E-state index >= 15 is 0 Å². The number of rotatable bonds is 14. The molecule has 77 heavy (non-hydrogen) atoms. The van der Waals surface area contributed by atoms with Crippen molar-refractivity contribution in [1.82, 2.24) is 19.4 Å². The average molecular weight is 1050 g/mol. The van der Waals surface area contributed by atoms with Gasteiger partial charge in [-0.3, -0.25) is 24.1 Å². The third-order valence-corrected chi connectivity index (χ3v) is 19.2. The summed E-state index contributed by atoms with van der Waals surface area (Å²) in [4.78, 5) is 90.2. The second kappa shape index (κ2) is 20.4. The first kappa shape index (κ1) is 52.6. The molecule has 0 spiro atoms. The topological polar surface area (TPSA) is 178 Å². The van der Waals surface area contributed by atoms with Gasteiger partial charge in [0.1, 0.15) is 12.4 Å². The maximum atomic E-state index is 13.8. The molecule has 2 aromatic heterocycles. The fourth-order valence-corrected chi connectivity index (χ4v) is 15.1. The molecule has 1 amide bonds. The number of esters is 2. The lowest BCUT2D eigenvalue weighted by molar-refractivity contribution is -0.182. The van der Waals surface area contributed by atoms with Crippen molar-refractivity contribution in [2.45, 2.75) is 148 Å². The number of pyridine rings is 2. The molecule has 0 bridgehead atoms. The monoisotopic (exact) mass is 1050 g/mol. The summed E-state index contributed by atoms with van der Waals surface area (Å²) in [6.45, 7) is 13.7. The predicted octanol–water partition coefficient (Wildman–Crippen LogP) is 9.25. The lowest BCUT2D eigenvalue weighted by Gasteiger charge is -2.55. The Hall–Kier alpha value is -6.45. The summed E-state index contributed by atoms with van der Waals surface area (Å²) in [6.07, 6.45) is 11.9. The quantitative estimate of drug-likeness (QED) is 0.0823. The molecule has 2 aromatic carbocycles. The van der Waals surface area contributed by atoms with Crippen molar-refractivity contribution in [1.29, 1.82) is 0 Å². The fourth-order valence-electron chi connectivity index (χ4n) is 15.1. The van der Waals surface area contributed by atoms with E-state index in [-0.39, 0.29) is 65.1 Å². The Bertz CT molecular complexity index is 3220. The highest BCUT2D eigenvalue weighted by atomic mass is 16.6. The Morgan fingerprint density at radius 1 is 0.909 bits per heavy atom. The van der Waals surface area contributed by atoms with Gasteiger partial charge in [-0.25, -0.2) is 14.6 Å². The van der Waals surface area contributed by atoms with Gasteiger partial charge in [0.05, 0.1) is 29.0 Å². The summed E-state index contributed by atoms with van der Waals surface area (Å²) in [7, 11) is 2.15. The van der Waals surface area contributed by atoms with Gasteiger partial charge in [-0.15, -0.1) is 0 Å². The van der Waals surface area contributed by atoms with Crippen molar-refractivity contribution in [2.24, 2.45) is 17.3 Å². The van der Waals surface area contributed by atoms with Crippen LogP contribution in [0.25, 0.3) is 22.3 Å². The SMILES string of the molecule is CCc1c2c(nc3ccc(OC(=O)N4CCN(CCCCCCN(C)c5ccc([C@H]6C[C@@]7(C)[C@@H](CC[C@]7(OC(C)=O)C(C)=O)[C@@H]7CCC8=CC(=O)CCC8=C76)cc5)CC4)cc13)-c1cc3c(c(=O)n1C2)COC(=O)[C@]3(O)CC. The Labute approximate surface area is 450 Å². The van der Waals surface area contributed by atoms with Gasteiger partial charge in [0, 0.05) is 86.6 Å². The first-order valence-electron chi connectivity index (χ1n) is 28.3. The van der Waals surface area contributed by atoms with Crippen LogP contribution in [-0.2, 0) is 53.8 Å². The van der Waals surface area contributed by atoms with Gasteiger partial charge in [0.15, 0.2) is 22.8 Å². The van der Waals surface area contributed by atoms with Crippen LogP contribution in [0.1, 0.15) is 145 Å². The molecule has 2 saturated carbocycles. The summed E-state index contributed by atoms with van der Waals surface area (Å²) < 4.78 is 19.0. The van der Waals surface area contributed by atoms with Crippen molar-refractivity contribution >= 4 is 46.2 Å². The third kappa shape index (κ3) is 8.93. The molecule has 11 rings (SSSR count). The number of hydrogen-bond acceptors (Lipinski definition) is 13. The Morgan fingerprint density at radius 3 is 2.40 bits per heavy atom. The average Bonchev–Trinajstić information content (AvgIpc) is 3.97. The number of nitrogens with zero attached hydrogens (tertiary/aromatic N) is 5. The van der Waals surface area contributed by atoms with Crippen LogP contribution in [0.2, 0.25) is 0 Å². The minimum absolute atomic E-state index is 0.0582. The van der Waals surface area contributed by atoms with Crippen LogP contribution in [0.15, 0.2) is 76.1 Å². The van der Waals surface area contributed by atoms with E-state index < -0.39 is 28.6 Å². The largest absolute Gasteiger partial charge is 0.458 e. The molecule has 0 radical (unpaired) electrons. The number of anilines is 1. The molecule has 15 heteroatoms. The number of aromatic nitrogens is 2. The number of carbonyl (C=O) groups is 5. The molecule has 4 aromatic rings. The smallest absolute Gasteiger partial charge is 0.415 e. The van der Waals surface area contributed by atoms with E-state index in [1.54, 1.807) is 35.4 Å². The van der Waals surface area contributed by atoms with Gasteiger partial charge in [0.2, 0.25) is 0 Å². The molecule has 6 atom stereocenters. The number of fused-ring (bicyclic) bond motifs is 9. The minimum Gasteiger partial charge on any atom is -0.458 e. The highest BCUT2D eigenvalue weighted by molar-refractivity contribution is 5.94. The van der Waals surface area contributed by atoms with E-state index in [9.17, 15) is 33.9 Å². The fraction of sp³-hybridized carbons (Fsp3) is 0.532. The molecule has 1 saturated heterocycles. The van der Waals surface area contributed by atoms with Gasteiger partial charge < -0.3 is 33.7 Å². The van der Waals surface area contributed by atoms with Gasteiger partial charge >= 0.3 is 18.0 Å². The second-order valence-electron chi connectivity index (χ2n) is 23.2. The van der Waals surface area contributed by atoms with E-state index in [4.69, 9.17) is 19.2 Å². The van der Waals surface area contributed by atoms with Crippen molar-refractivity contribution in [3.8, 4) is 17.1 Å². The molecule has 7 aliphatic rings. The van der Waals surface area contributed by atoms with Gasteiger partial charge in [-0.05, 0) is 154 Å². The van der Waals surface area contributed by atoms with E-state index in [0.717, 1.165) is 106 Å². The van der Waals surface area contributed by atoms with Crippen molar-refractivity contribution in [3.05, 3.63) is 109 Å². The Kier molecular flexibility index (Phi) is 13.9. The summed E-state index contributed by atoms with van der Waals surface area (Å²) in [5.74, 6) is -0.0134. The summed E-state index contributed by atoms with van der Waals surface area (Å²) in [5, 5.41) is 12.1. The molecule has 4 aliphatic carbocycles. The molecular weight excluding hydrogens is 975 g/mol.